The highest BCUT2D eigenvalue weighted by Gasteiger charge is 2.09. The molecule has 0 saturated heterocycles. The first kappa shape index (κ1) is 11.2. The van der Waals surface area contributed by atoms with Crippen LogP contribution >= 0.6 is 11.3 Å². The quantitative estimate of drug-likeness (QED) is 0.779. The van der Waals surface area contributed by atoms with Gasteiger partial charge in [0.05, 0.1) is 18.4 Å². The zero-order chi connectivity index (χ0) is 12.5. The fourth-order valence-corrected chi connectivity index (χ4v) is 2.75. The number of rotatable bonds is 4. The Morgan fingerprint density at radius 1 is 1.50 bits per heavy atom. The third-order valence-electron chi connectivity index (χ3n) is 2.55. The van der Waals surface area contributed by atoms with E-state index >= 15 is 0 Å². The van der Waals surface area contributed by atoms with Gasteiger partial charge in [0.25, 0.3) is 0 Å². The van der Waals surface area contributed by atoms with E-state index in [1.807, 2.05) is 34.6 Å². The average Bonchev–Trinajstić information content (AvgIpc) is 2.94. The molecule has 0 bridgehead atoms. The predicted octanol–water partition coefficient (Wildman–Crippen LogP) is 1.80. The molecule has 1 atom stereocenters. The smallest absolute Gasteiger partial charge is 0.214 e. The Hall–Kier alpha value is -1.89. The summed E-state index contributed by atoms with van der Waals surface area (Å²) < 4.78 is 3.71. The molecule has 18 heavy (non-hydrogen) atoms. The molecule has 3 aromatic rings. The summed E-state index contributed by atoms with van der Waals surface area (Å²) in [6, 6.07) is 2.19. The molecular formula is C11H14N6S. The van der Waals surface area contributed by atoms with Gasteiger partial charge in [0.15, 0.2) is 0 Å². The molecule has 3 heterocycles. The topological polar surface area (TPSA) is 60.0 Å². The summed E-state index contributed by atoms with van der Waals surface area (Å²) in [5.74, 6) is 0. The van der Waals surface area contributed by atoms with Gasteiger partial charge in [-0.25, -0.2) is 9.50 Å². The SMILES string of the molecule is Cc1cn2nc(N[C@@H](C)Cn3cccn3)sc2n1. The van der Waals surface area contributed by atoms with Crippen molar-refractivity contribution in [3.8, 4) is 0 Å². The lowest BCUT2D eigenvalue weighted by Gasteiger charge is -2.12. The summed E-state index contributed by atoms with van der Waals surface area (Å²) >= 11 is 1.56. The zero-order valence-electron chi connectivity index (χ0n) is 10.2. The summed E-state index contributed by atoms with van der Waals surface area (Å²) in [5.41, 5.74) is 0.991. The number of nitrogens with one attached hydrogen (secondary N) is 1. The van der Waals surface area contributed by atoms with Crippen LogP contribution in [0.3, 0.4) is 0 Å². The molecule has 0 aliphatic carbocycles. The first-order valence-corrected chi connectivity index (χ1v) is 6.59. The second-order valence-electron chi connectivity index (χ2n) is 4.29. The van der Waals surface area contributed by atoms with Crippen molar-refractivity contribution < 1.29 is 0 Å². The molecule has 7 heteroatoms. The minimum atomic E-state index is 0.266. The van der Waals surface area contributed by atoms with Crippen molar-refractivity contribution >= 4 is 21.4 Å². The third-order valence-corrected chi connectivity index (χ3v) is 3.41. The standard InChI is InChI=1S/C11H14N6S/c1-8(6-16-5-3-4-12-16)13-10-15-17-7-9(2)14-11(17)18-10/h3-5,7-8H,6H2,1-2H3,(H,13,15)/t8-/m0/s1. The Morgan fingerprint density at radius 3 is 3.11 bits per heavy atom. The van der Waals surface area contributed by atoms with Crippen LogP contribution in [0.25, 0.3) is 4.96 Å². The first-order valence-electron chi connectivity index (χ1n) is 5.77. The molecule has 3 rings (SSSR count). The number of anilines is 1. The Morgan fingerprint density at radius 2 is 2.39 bits per heavy atom. The van der Waals surface area contributed by atoms with Crippen molar-refractivity contribution in [1.29, 1.82) is 0 Å². The van der Waals surface area contributed by atoms with Crippen LogP contribution in [0.4, 0.5) is 5.13 Å². The zero-order valence-corrected chi connectivity index (χ0v) is 11.1. The maximum absolute atomic E-state index is 4.43. The van der Waals surface area contributed by atoms with Crippen molar-refractivity contribution in [2.24, 2.45) is 0 Å². The number of aromatic nitrogens is 5. The summed E-state index contributed by atoms with van der Waals surface area (Å²) in [5, 5.41) is 12.9. The minimum absolute atomic E-state index is 0.266. The highest BCUT2D eigenvalue weighted by Crippen LogP contribution is 2.19. The van der Waals surface area contributed by atoms with E-state index in [0.29, 0.717) is 0 Å². The van der Waals surface area contributed by atoms with Crippen LogP contribution in [0.1, 0.15) is 12.6 Å². The van der Waals surface area contributed by atoms with Crippen molar-refractivity contribution in [2.75, 3.05) is 5.32 Å². The largest absolute Gasteiger partial charge is 0.356 e. The molecule has 0 unspecified atom stereocenters. The van der Waals surface area contributed by atoms with Crippen LogP contribution in [0.15, 0.2) is 24.7 Å². The molecular weight excluding hydrogens is 248 g/mol. The van der Waals surface area contributed by atoms with Crippen molar-refractivity contribution in [3.63, 3.8) is 0 Å². The molecule has 94 valence electrons. The van der Waals surface area contributed by atoms with Gasteiger partial charge in [-0.15, -0.1) is 5.10 Å². The molecule has 0 spiro atoms. The van der Waals surface area contributed by atoms with Gasteiger partial charge in [0.1, 0.15) is 0 Å². The molecule has 0 saturated carbocycles. The van der Waals surface area contributed by atoms with Gasteiger partial charge in [-0.05, 0) is 19.9 Å². The number of nitrogens with zero attached hydrogens (tertiary/aromatic N) is 5. The lowest BCUT2D eigenvalue weighted by molar-refractivity contribution is 0.560. The number of hydrogen-bond acceptors (Lipinski definition) is 5. The highest BCUT2D eigenvalue weighted by atomic mass is 32.1. The second-order valence-corrected chi connectivity index (χ2v) is 5.25. The lowest BCUT2D eigenvalue weighted by atomic mass is 10.3. The monoisotopic (exact) mass is 262 g/mol. The Balaban J connectivity index is 1.69. The van der Waals surface area contributed by atoms with Gasteiger partial charge >= 0.3 is 0 Å². The Labute approximate surface area is 108 Å². The fraction of sp³-hybridized carbons (Fsp3) is 0.364. The number of aryl methyl sites for hydroxylation is 1. The van der Waals surface area contributed by atoms with Gasteiger partial charge in [-0.2, -0.15) is 5.10 Å². The van der Waals surface area contributed by atoms with E-state index in [1.165, 1.54) is 0 Å². The van der Waals surface area contributed by atoms with Gasteiger partial charge in [0.2, 0.25) is 10.1 Å². The summed E-state index contributed by atoms with van der Waals surface area (Å²) in [6.45, 7) is 4.89. The number of fused-ring (bicyclic) bond motifs is 1. The molecule has 0 fully saturated rings. The van der Waals surface area contributed by atoms with Crippen LogP contribution in [-0.2, 0) is 6.54 Å². The first-order chi connectivity index (χ1) is 8.70. The third kappa shape index (κ3) is 2.21. The maximum Gasteiger partial charge on any atom is 0.214 e. The molecule has 3 aromatic heterocycles. The van der Waals surface area contributed by atoms with E-state index in [1.54, 1.807) is 17.5 Å². The van der Waals surface area contributed by atoms with E-state index in [0.717, 1.165) is 22.3 Å². The molecule has 0 amide bonds. The average molecular weight is 262 g/mol. The van der Waals surface area contributed by atoms with E-state index in [9.17, 15) is 0 Å². The molecule has 0 aromatic carbocycles. The molecule has 6 nitrogen and oxygen atoms in total. The normalized spacial score (nSPS) is 13.0. The molecule has 0 radical (unpaired) electrons. The Kier molecular flexibility index (Phi) is 2.75. The summed E-state index contributed by atoms with van der Waals surface area (Å²) in [6.07, 6.45) is 5.67. The van der Waals surface area contributed by atoms with Gasteiger partial charge in [0, 0.05) is 18.4 Å². The van der Waals surface area contributed by atoms with E-state index in [-0.39, 0.29) is 6.04 Å². The van der Waals surface area contributed by atoms with Crippen LogP contribution in [0.5, 0.6) is 0 Å². The number of hydrogen-bond donors (Lipinski definition) is 1. The second kappa shape index (κ2) is 4.41. The summed E-state index contributed by atoms with van der Waals surface area (Å²) in [4.78, 5) is 5.30. The van der Waals surface area contributed by atoms with Crippen molar-refractivity contribution in [1.82, 2.24) is 24.4 Å². The van der Waals surface area contributed by atoms with Crippen LogP contribution in [-0.4, -0.2) is 30.4 Å². The van der Waals surface area contributed by atoms with Gasteiger partial charge in [-0.3, -0.25) is 4.68 Å². The van der Waals surface area contributed by atoms with E-state index in [2.05, 4.69) is 27.4 Å². The fourth-order valence-electron chi connectivity index (χ4n) is 1.81. The maximum atomic E-state index is 4.43. The number of imidazole rings is 1. The minimum Gasteiger partial charge on any atom is -0.356 e. The van der Waals surface area contributed by atoms with E-state index < -0.39 is 0 Å². The van der Waals surface area contributed by atoms with Crippen molar-refractivity contribution in [3.05, 3.63) is 30.4 Å². The Bertz CT molecular complexity index is 606. The predicted molar refractivity (Wildman–Crippen MR) is 70.9 cm³/mol. The van der Waals surface area contributed by atoms with Crippen molar-refractivity contribution in [2.45, 2.75) is 26.4 Å². The van der Waals surface area contributed by atoms with E-state index in [4.69, 9.17) is 0 Å². The van der Waals surface area contributed by atoms with Crippen LogP contribution in [0.2, 0.25) is 0 Å². The van der Waals surface area contributed by atoms with Crippen LogP contribution in [0, 0.1) is 6.92 Å². The molecule has 0 aliphatic rings. The van der Waals surface area contributed by atoms with Crippen LogP contribution < -0.4 is 5.32 Å². The summed E-state index contributed by atoms with van der Waals surface area (Å²) in [7, 11) is 0. The highest BCUT2D eigenvalue weighted by molar-refractivity contribution is 7.20. The molecule has 1 N–H and O–H groups in total. The lowest BCUT2D eigenvalue weighted by Crippen LogP contribution is -2.22. The van der Waals surface area contributed by atoms with Gasteiger partial charge < -0.3 is 5.32 Å². The van der Waals surface area contributed by atoms with Gasteiger partial charge in [-0.1, -0.05) is 11.3 Å². The molecule has 0 aliphatic heterocycles.